The largest absolute Gasteiger partial charge is 0.462 e. The van der Waals surface area contributed by atoms with Gasteiger partial charge in [-0.1, -0.05) is 19.3 Å². The molecule has 2 rings (SSSR count). The van der Waals surface area contributed by atoms with Gasteiger partial charge in [0, 0.05) is 6.54 Å². The first-order chi connectivity index (χ1) is 7.79. The topological polar surface area (TPSA) is 39.2 Å². The van der Waals surface area contributed by atoms with Crippen LogP contribution in [0, 0.1) is 12.8 Å². The molecular formula is C14H21NO. The van der Waals surface area contributed by atoms with Crippen molar-refractivity contribution in [2.24, 2.45) is 11.7 Å². The Kier molecular flexibility index (Phi) is 3.83. The van der Waals surface area contributed by atoms with Crippen molar-refractivity contribution >= 4 is 6.08 Å². The maximum atomic E-state index is 5.85. The van der Waals surface area contributed by atoms with Gasteiger partial charge in [0.1, 0.15) is 11.5 Å². The molecule has 1 aromatic rings. The summed E-state index contributed by atoms with van der Waals surface area (Å²) >= 11 is 0. The molecule has 2 nitrogen and oxygen atoms in total. The summed E-state index contributed by atoms with van der Waals surface area (Å²) in [5, 5.41) is 0. The fraction of sp³-hybridized carbons (Fsp3) is 0.571. The van der Waals surface area contributed by atoms with Crippen molar-refractivity contribution in [2.75, 3.05) is 6.54 Å². The Morgan fingerprint density at radius 2 is 2.12 bits per heavy atom. The van der Waals surface area contributed by atoms with Crippen molar-refractivity contribution in [1.82, 2.24) is 0 Å². The quantitative estimate of drug-likeness (QED) is 0.845. The molecule has 88 valence electrons. The second-order valence-electron chi connectivity index (χ2n) is 4.71. The van der Waals surface area contributed by atoms with Crippen molar-refractivity contribution in [3.8, 4) is 0 Å². The Hall–Kier alpha value is -1.02. The number of rotatable bonds is 3. The molecule has 1 heterocycles. The van der Waals surface area contributed by atoms with Crippen LogP contribution in [0.2, 0.25) is 0 Å². The highest BCUT2D eigenvalue weighted by molar-refractivity contribution is 5.49. The molecule has 0 bridgehead atoms. The van der Waals surface area contributed by atoms with E-state index in [0.29, 0.717) is 12.5 Å². The lowest BCUT2D eigenvalue weighted by molar-refractivity contribution is 0.400. The molecule has 1 aliphatic carbocycles. The van der Waals surface area contributed by atoms with E-state index in [2.05, 4.69) is 6.08 Å². The third-order valence-electron chi connectivity index (χ3n) is 3.45. The molecule has 1 aliphatic rings. The van der Waals surface area contributed by atoms with E-state index in [-0.39, 0.29) is 0 Å². The van der Waals surface area contributed by atoms with E-state index in [9.17, 15) is 0 Å². The van der Waals surface area contributed by atoms with Crippen molar-refractivity contribution in [2.45, 2.75) is 39.0 Å². The fourth-order valence-corrected chi connectivity index (χ4v) is 2.53. The van der Waals surface area contributed by atoms with E-state index in [1.54, 1.807) is 0 Å². The van der Waals surface area contributed by atoms with Gasteiger partial charge in [0.25, 0.3) is 0 Å². The molecule has 0 unspecified atom stereocenters. The second kappa shape index (κ2) is 5.35. The lowest BCUT2D eigenvalue weighted by atomic mass is 9.83. The predicted octanol–water partition coefficient (Wildman–Crippen LogP) is 3.51. The lowest BCUT2D eigenvalue weighted by Crippen LogP contribution is -2.15. The van der Waals surface area contributed by atoms with Crippen LogP contribution in [0.4, 0.5) is 0 Å². The molecule has 1 aromatic heterocycles. The van der Waals surface area contributed by atoms with Gasteiger partial charge in [-0.3, -0.25) is 0 Å². The lowest BCUT2D eigenvalue weighted by Gasteiger charge is -2.23. The molecule has 0 aromatic carbocycles. The molecule has 0 saturated heterocycles. The van der Waals surface area contributed by atoms with Crippen LogP contribution in [0.25, 0.3) is 6.08 Å². The maximum Gasteiger partial charge on any atom is 0.127 e. The SMILES string of the molecule is Cc1ccc(C=C(CN)C2CCCCC2)o1. The first-order valence-corrected chi connectivity index (χ1v) is 6.26. The maximum absolute atomic E-state index is 5.85. The summed E-state index contributed by atoms with van der Waals surface area (Å²) in [5.74, 6) is 2.60. The molecule has 16 heavy (non-hydrogen) atoms. The smallest absolute Gasteiger partial charge is 0.127 e. The van der Waals surface area contributed by atoms with Gasteiger partial charge in [0.15, 0.2) is 0 Å². The molecule has 1 fully saturated rings. The molecule has 0 amide bonds. The normalized spacial score (nSPS) is 19.0. The predicted molar refractivity (Wildman–Crippen MR) is 67.1 cm³/mol. The number of furan rings is 1. The van der Waals surface area contributed by atoms with Crippen LogP contribution in [0.1, 0.15) is 43.6 Å². The van der Waals surface area contributed by atoms with Gasteiger partial charge in [-0.2, -0.15) is 0 Å². The van der Waals surface area contributed by atoms with Crippen LogP contribution in [0.3, 0.4) is 0 Å². The Morgan fingerprint density at radius 1 is 1.38 bits per heavy atom. The van der Waals surface area contributed by atoms with E-state index >= 15 is 0 Å². The molecule has 0 spiro atoms. The second-order valence-corrected chi connectivity index (χ2v) is 4.71. The summed E-state index contributed by atoms with van der Waals surface area (Å²) in [6.45, 7) is 2.63. The minimum Gasteiger partial charge on any atom is -0.462 e. The summed E-state index contributed by atoms with van der Waals surface area (Å²) in [7, 11) is 0. The van der Waals surface area contributed by atoms with Crippen LogP contribution in [0.5, 0.6) is 0 Å². The Labute approximate surface area is 97.5 Å². The average Bonchev–Trinajstić information content (AvgIpc) is 2.73. The van der Waals surface area contributed by atoms with Crippen LogP contribution in [-0.4, -0.2) is 6.54 Å². The van der Waals surface area contributed by atoms with Gasteiger partial charge in [0.05, 0.1) is 0 Å². The van der Waals surface area contributed by atoms with Crippen LogP contribution in [-0.2, 0) is 0 Å². The molecule has 0 aliphatic heterocycles. The van der Waals surface area contributed by atoms with Crippen LogP contribution < -0.4 is 5.73 Å². The molecule has 0 radical (unpaired) electrons. The third-order valence-corrected chi connectivity index (χ3v) is 3.45. The van der Waals surface area contributed by atoms with Gasteiger partial charge in [-0.05, 0) is 49.5 Å². The Bertz CT molecular complexity index is 359. The minimum absolute atomic E-state index is 0.657. The first kappa shape index (κ1) is 11.5. The van der Waals surface area contributed by atoms with E-state index < -0.39 is 0 Å². The summed E-state index contributed by atoms with van der Waals surface area (Å²) in [5.41, 5.74) is 7.20. The van der Waals surface area contributed by atoms with Crippen molar-refractivity contribution < 1.29 is 4.42 Å². The summed E-state index contributed by atoms with van der Waals surface area (Å²) in [6, 6.07) is 4.02. The highest BCUT2D eigenvalue weighted by atomic mass is 16.3. The number of aryl methyl sites for hydroxylation is 1. The van der Waals surface area contributed by atoms with Crippen molar-refractivity contribution in [1.29, 1.82) is 0 Å². The number of nitrogens with two attached hydrogens (primary N) is 1. The average molecular weight is 219 g/mol. The highest BCUT2D eigenvalue weighted by Crippen LogP contribution is 2.30. The van der Waals surface area contributed by atoms with E-state index in [4.69, 9.17) is 10.2 Å². The van der Waals surface area contributed by atoms with Gasteiger partial charge in [0.2, 0.25) is 0 Å². The summed E-state index contributed by atoms with van der Waals surface area (Å²) in [4.78, 5) is 0. The zero-order valence-electron chi connectivity index (χ0n) is 10.0. The first-order valence-electron chi connectivity index (χ1n) is 6.26. The van der Waals surface area contributed by atoms with Gasteiger partial charge in [-0.15, -0.1) is 0 Å². The summed E-state index contributed by atoms with van der Waals surface area (Å²) < 4.78 is 5.57. The number of hydrogen-bond donors (Lipinski definition) is 1. The van der Waals surface area contributed by atoms with Gasteiger partial charge in [-0.25, -0.2) is 0 Å². The molecule has 2 heteroatoms. The zero-order chi connectivity index (χ0) is 11.4. The molecule has 0 atom stereocenters. The monoisotopic (exact) mass is 219 g/mol. The Morgan fingerprint density at radius 3 is 2.69 bits per heavy atom. The highest BCUT2D eigenvalue weighted by Gasteiger charge is 2.17. The van der Waals surface area contributed by atoms with E-state index in [1.807, 2.05) is 19.1 Å². The van der Waals surface area contributed by atoms with E-state index in [0.717, 1.165) is 11.5 Å². The summed E-state index contributed by atoms with van der Waals surface area (Å²) in [6.07, 6.45) is 8.81. The Balaban J connectivity index is 2.11. The zero-order valence-corrected chi connectivity index (χ0v) is 10.0. The fourth-order valence-electron chi connectivity index (χ4n) is 2.53. The van der Waals surface area contributed by atoms with Crippen LogP contribution in [0.15, 0.2) is 22.1 Å². The van der Waals surface area contributed by atoms with E-state index in [1.165, 1.54) is 37.7 Å². The molecule has 1 saturated carbocycles. The minimum atomic E-state index is 0.657. The third kappa shape index (κ3) is 2.76. The van der Waals surface area contributed by atoms with Gasteiger partial charge >= 0.3 is 0 Å². The molecular weight excluding hydrogens is 198 g/mol. The molecule has 2 N–H and O–H groups in total. The standard InChI is InChI=1S/C14H21NO/c1-11-7-8-14(16-11)9-13(10-15)12-5-3-2-4-6-12/h7-9,12H,2-6,10,15H2,1H3. The van der Waals surface area contributed by atoms with Crippen molar-refractivity contribution in [3.63, 3.8) is 0 Å². The van der Waals surface area contributed by atoms with Gasteiger partial charge < -0.3 is 10.2 Å². The van der Waals surface area contributed by atoms with Crippen LogP contribution >= 0.6 is 0 Å². The number of hydrogen-bond acceptors (Lipinski definition) is 2. The van der Waals surface area contributed by atoms with Crippen molar-refractivity contribution in [3.05, 3.63) is 29.2 Å².